The number of aliphatic hydroxyl groups is 4. The highest BCUT2D eigenvalue weighted by molar-refractivity contribution is 6.39. The van der Waals surface area contributed by atoms with Gasteiger partial charge in [-0.15, -0.1) is 0 Å². The van der Waals surface area contributed by atoms with E-state index in [2.05, 4.69) is 0 Å². The van der Waals surface area contributed by atoms with Crippen LogP contribution in [0.4, 0.5) is 0 Å². The monoisotopic (exact) mass is 1160 g/mol. The average molecular weight is 1160 g/mol. The van der Waals surface area contributed by atoms with Crippen LogP contribution in [-0.4, -0.2) is 209 Å². The minimum absolute atomic E-state index is 0.0262. The fourth-order valence-corrected chi connectivity index (χ4v) is 11.3. The third-order valence-electron chi connectivity index (χ3n) is 16.5. The average Bonchev–Trinajstić information content (AvgIpc) is 2.65. The number of allylic oxidation sites excluding steroid dienone is 6. The van der Waals surface area contributed by atoms with E-state index in [9.17, 15) is 39.3 Å². The number of hydrogen-bond donors (Lipinski definition) is 4. The molecule has 15 atom stereocenters. The second-order valence-electron chi connectivity index (χ2n) is 23.0. The standard InChI is InChI=1S/C62H101NO19/c1-41-15-11-10-12-16-42(2)53(80-34-33-79-32-31-78-30-29-77-28-27-76-26-25-75-24-23-64)39-49-20-18-47(7)62(72,82-49)59(69)60(70)63-22-14-13-17-50(63)61(71)81-54(44(4)37-48-19-21-51(65)55(38-48)73-8)40-52(66)43(3)36-46(6)57(68)58(74-9)56(67)45(5)35-41/h10-12,15-16,36,41,43-45,47-51,53-55,57-58,64-65,68,72H,13-14,17-35,37-40H2,1-9H3/b12-10+,15-11+,42-16+,46-36+/t41-,43-,44-,45-,47-,48+,49+,50+,51-,53?,54+,55-,57-,58+,62-/m1/s1. The second-order valence-corrected chi connectivity index (χ2v) is 23.0. The molecule has 20 heteroatoms. The lowest BCUT2D eigenvalue weighted by Gasteiger charge is -2.43. The number of hydrogen-bond acceptors (Lipinski definition) is 19. The lowest BCUT2D eigenvalue weighted by atomic mass is 9.78. The maximum atomic E-state index is 14.6. The van der Waals surface area contributed by atoms with Crippen molar-refractivity contribution in [2.24, 2.45) is 35.5 Å². The van der Waals surface area contributed by atoms with E-state index in [0.29, 0.717) is 116 Å². The number of rotatable bonds is 23. The molecule has 0 aromatic heterocycles. The Balaban J connectivity index is 1.56. The molecule has 3 fully saturated rings. The first-order valence-corrected chi connectivity index (χ1v) is 30.0. The summed E-state index contributed by atoms with van der Waals surface area (Å²) in [5.74, 6) is -8.39. The molecular weight excluding hydrogens is 1060 g/mol. The van der Waals surface area contributed by atoms with Crippen LogP contribution in [0.1, 0.15) is 126 Å². The zero-order valence-corrected chi connectivity index (χ0v) is 50.6. The lowest BCUT2D eigenvalue weighted by Crippen LogP contribution is -2.61. The predicted molar refractivity (Wildman–Crippen MR) is 305 cm³/mol. The molecule has 1 amide bonds. The predicted octanol–water partition coefficient (Wildman–Crippen LogP) is 5.63. The van der Waals surface area contributed by atoms with Gasteiger partial charge in [0.1, 0.15) is 30.1 Å². The van der Waals surface area contributed by atoms with Gasteiger partial charge in [-0.3, -0.25) is 19.2 Å². The maximum Gasteiger partial charge on any atom is 0.329 e. The van der Waals surface area contributed by atoms with Gasteiger partial charge in [0.25, 0.3) is 11.7 Å². The van der Waals surface area contributed by atoms with Crippen LogP contribution in [0.3, 0.4) is 0 Å². The van der Waals surface area contributed by atoms with Crippen LogP contribution in [-0.2, 0) is 71.3 Å². The molecule has 0 radical (unpaired) electrons. The highest BCUT2D eigenvalue weighted by Crippen LogP contribution is 2.38. The molecule has 3 aliphatic heterocycles. The van der Waals surface area contributed by atoms with Gasteiger partial charge < -0.3 is 72.7 Å². The van der Waals surface area contributed by atoms with Crippen molar-refractivity contribution in [2.45, 2.75) is 180 Å². The Morgan fingerprint density at radius 3 is 1.99 bits per heavy atom. The fourth-order valence-electron chi connectivity index (χ4n) is 11.3. The Kier molecular flexibility index (Phi) is 32.6. The number of fused-ring (bicyclic) bond motifs is 3. The van der Waals surface area contributed by atoms with Crippen molar-refractivity contribution in [1.82, 2.24) is 4.90 Å². The fraction of sp³-hybridized carbons (Fsp3) is 0.790. The molecule has 2 saturated heterocycles. The van der Waals surface area contributed by atoms with Gasteiger partial charge in [-0.05, 0) is 107 Å². The number of aliphatic hydroxyl groups excluding tert-OH is 3. The molecule has 468 valence electrons. The van der Waals surface area contributed by atoms with E-state index in [0.717, 1.165) is 5.57 Å². The molecule has 4 aliphatic rings. The van der Waals surface area contributed by atoms with Crippen molar-refractivity contribution >= 4 is 29.2 Å². The number of nitrogens with zero attached hydrogens (tertiary/aromatic N) is 1. The van der Waals surface area contributed by atoms with Crippen LogP contribution in [0.5, 0.6) is 0 Å². The molecule has 3 heterocycles. The van der Waals surface area contributed by atoms with Crippen molar-refractivity contribution in [2.75, 3.05) is 100 Å². The van der Waals surface area contributed by atoms with Crippen LogP contribution in [0.2, 0.25) is 0 Å². The molecule has 0 spiro atoms. The van der Waals surface area contributed by atoms with Crippen LogP contribution in [0, 0.1) is 35.5 Å². The second kappa shape index (κ2) is 37.7. The highest BCUT2D eigenvalue weighted by Gasteiger charge is 2.53. The first-order valence-electron chi connectivity index (χ1n) is 30.0. The lowest BCUT2D eigenvalue weighted by molar-refractivity contribution is -0.266. The molecule has 0 aromatic carbocycles. The number of ether oxygens (including phenoxy) is 10. The first-order chi connectivity index (χ1) is 39.2. The van der Waals surface area contributed by atoms with Crippen LogP contribution in [0.25, 0.3) is 0 Å². The smallest absolute Gasteiger partial charge is 0.329 e. The summed E-state index contributed by atoms with van der Waals surface area (Å²) in [5.41, 5.74) is 1.19. The van der Waals surface area contributed by atoms with Crippen molar-refractivity contribution in [1.29, 1.82) is 0 Å². The van der Waals surface area contributed by atoms with Gasteiger partial charge in [0.2, 0.25) is 5.79 Å². The van der Waals surface area contributed by atoms with E-state index in [1.807, 2.05) is 51.2 Å². The maximum absolute atomic E-state index is 14.6. The van der Waals surface area contributed by atoms with Gasteiger partial charge in [0, 0.05) is 51.4 Å². The Bertz CT molecular complexity index is 2060. The van der Waals surface area contributed by atoms with Gasteiger partial charge in [-0.25, -0.2) is 4.79 Å². The summed E-state index contributed by atoms with van der Waals surface area (Å²) in [4.78, 5) is 72.9. The normalized spacial score (nSPS) is 34.5. The summed E-state index contributed by atoms with van der Waals surface area (Å²) < 4.78 is 57.8. The van der Waals surface area contributed by atoms with Crippen LogP contribution < -0.4 is 0 Å². The Labute approximate surface area is 487 Å². The van der Waals surface area contributed by atoms with E-state index in [-0.39, 0.29) is 87.7 Å². The topological polar surface area (TPSA) is 262 Å². The van der Waals surface area contributed by atoms with Crippen LogP contribution >= 0.6 is 0 Å². The number of methoxy groups -OCH3 is 2. The van der Waals surface area contributed by atoms with E-state index >= 15 is 0 Å². The molecule has 0 aromatic rings. The van der Waals surface area contributed by atoms with E-state index < -0.39 is 83.9 Å². The number of amides is 1. The van der Waals surface area contributed by atoms with Gasteiger partial charge in [0.15, 0.2) is 5.78 Å². The number of carbonyl (C=O) groups is 5. The Morgan fingerprint density at radius 1 is 0.732 bits per heavy atom. The largest absolute Gasteiger partial charge is 0.460 e. The molecular formula is C62H101NO19. The molecule has 4 N–H and O–H groups in total. The Morgan fingerprint density at radius 2 is 1.37 bits per heavy atom. The summed E-state index contributed by atoms with van der Waals surface area (Å²) in [6, 6.07) is -1.18. The quantitative estimate of drug-likeness (QED) is 0.0418. The number of esters is 1. The highest BCUT2D eigenvalue weighted by atomic mass is 16.6. The molecule has 82 heavy (non-hydrogen) atoms. The van der Waals surface area contributed by atoms with E-state index in [1.165, 1.54) is 12.0 Å². The van der Waals surface area contributed by atoms with Gasteiger partial charge in [0.05, 0.1) is 104 Å². The molecule has 1 saturated carbocycles. The summed E-state index contributed by atoms with van der Waals surface area (Å²) in [5, 5.41) is 43.1. The Hall–Kier alpha value is -3.61. The van der Waals surface area contributed by atoms with Crippen molar-refractivity contribution in [3.63, 3.8) is 0 Å². The van der Waals surface area contributed by atoms with Gasteiger partial charge >= 0.3 is 5.97 Å². The summed E-state index contributed by atoms with van der Waals surface area (Å²) in [6.45, 7) is 16.4. The molecule has 4 rings (SSSR count). The summed E-state index contributed by atoms with van der Waals surface area (Å²) in [6.07, 6.45) is 10.3. The SMILES string of the molecule is CO[C@@H]1C[C@H](C[C@@H](C)[C@@H]2CC(=O)[C@H](C)/C=C(\C)[C@@H](O)[C@@H](OC)C(=O)[C@H](C)C[C@H](C)/C=C/C=C/C=C(\C)C(OCCOCCOCCOCCOCCOCCO)C[C@@H]3CC[C@@H](C)[C@@](O)(O3)C(=O)C(=O)N3CCCC[C@H]3C(=O)O2)CC[C@H]1O. The third kappa shape index (κ3) is 23.0. The van der Waals surface area contributed by atoms with Crippen molar-refractivity contribution < 1.29 is 91.8 Å². The molecule has 20 nitrogen and oxygen atoms in total. The van der Waals surface area contributed by atoms with Gasteiger partial charge in [-0.1, -0.05) is 71.1 Å². The first kappa shape index (κ1) is 70.9. The zero-order valence-electron chi connectivity index (χ0n) is 50.6. The number of cyclic esters (lactones) is 1. The van der Waals surface area contributed by atoms with Crippen molar-refractivity contribution in [3.8, 4) is 0 Å². The van der Waals surface area contributed by atoms with E-state index in [1.54, 1.807) is 40.9 Å². The summed E-state index contributed by atoms with van der Waals surface area (Å²) >= 11 is 0. The van der Waals surface area contributed by atoms with Crippen LogP contribution in [0.15, 0.2) is 47.6 Å². The van der Waals surface area contributed by atoms with Crippen molar-refractivity contribution in [3.05, 3.63) is 47.6 Å². The summed E-state index contributed by atoms with van der Waals surface area (Å²) in [7, 11) is 2.93. The molecule has 1 aliphatic carbocycles. The van der Waals surface area contributed by atoms with E-state index in [4.69, 9.17) is 52.5 Å². The zero-order chi connectivity index (χ0) is 60.2. The number of Topliss-reactive ketones (excluding diaryl/α,β-unsaturated/α-hetero) is 3. The minimum atomic E-state index is -2.51. The number of ketones is 3. The third-order valence-corrected chi connectivity index (χ3v) is 16.5. The number of piperidine rings is 1. The molecule has 2 bridgehead atoms. The minimum Gasteiger partial charge on any atom is -0.460 e. The number of carbonyl (C=O) groups excluding carboxylic acids is 5. The van der Waals surface area contributed by atoms with Gasteiger partial charge in [-0.2, -0.15) is 0 Å². The molecule has 1 unspecified atom stereocenters.